The first-order valence-corrected chi connectivity index (χ1v) is 11.7. The maximum Gasteiger partial charge on any atom is 0.251 e. The van der Waals surface area contributed by atoms with Crippen LogP contribution in [0.15, 0.2) is 41.8 Å². The smallest absolute Gasteiger partial charge is 0.251 e. The minimum atomic E-state index is -3.12. The molecule has 3 rings (SSSR count). The number of nitrogens with one attached hydrogen (secondary N) is 1. The second-order valence-electron chi connectivity index (χ2n) is 6.75. The Balaban J connectivity index is 1.68. The summed E-state index contributed by atoms with van der Waals surface area (Å²) in [6, 6.07) is 11.2. The summed E-state index contributed by atoms with van der Waals surface area (Å²) in [6.45, 7) is 2.67. The minimum Gasteiger partial charge on any atom is -0.350 e. The summed E-state index contributed by atoms with van der Waals surface area (Å²) >= 11 is 1.71. The third kappa shape index (κ3) is 5.16. The monoisotopic (exact) mass is 392 g/mol. The van der Waals surface area contributed by atoms with Gasteiger partial charge in [-0.15, -0.1) is 11.3 Å². The molecular formula is C19H24N2O3S2. The zero-order valence-electron chi connectivity index (χ0n) is 14.8. The largest absolute Gasteiger partial charge is 0.350 e. The van der Waals surface area contributed by atoms with Crippen LogP contribution in [0.25, 0.3) is 0 Å². The van der Waals surface area contributed by atoms with Crippen LogP contribution < -0.4 is 5.32 Å². The molecule has 7 heteroatoms. The molecule has 1 saturated heterocycles. The number of hydrogen-bond donors (Lipinski definition) is 1. The van der Waals surface area contributed by atoms with Crippen LogP contribution in [-0.4, -0.2) is 45.1 Å². The van der Waals surface area contributed by atoms with Gasteiger partial charge in [-0.1, -0.05) is 18.2 Å². The predicted octanol–water partition coefficient (Wildman–Crippen LogP) is 2.86. The number of hydrogen-bond acceptors (Lipinski definition) is 5. The van der Waals surface area contributed by atoms with Crippen LogP contribution in [0, 0.1) is 0 Å². The summed E-state index contributed by atoms with van der Waals surface area (Å²) < 4.78 is 22.9. The van der Waals surface area contributed by atoms with E-state index in [9.17, 15) is 13.2 Å². The van der Waals surface area contributed by atoms with Gasteiger partial charge in [0.05, 0.1) is 11.8 Å². The van der Waals surface area contributed by atoms with Gasteiger partial charge in [0.15, 0.2) is 9.84 Å². The Bertz CT molecular complexity index is 841. The average Bonchev–Trinajstić information content (AvgIpc) is 3.27. The zero-order valence-corrected chi connectivity index (χ0v) is 16.5. The van der Waals surface area contributed by atoms with E-state index in [1.54, 1.807) is 35.6 Å². The second kappa shape index (κ2) is 8.33. The Kier molecular flexibility index (Phi) is 6.11. The highest BCUT2D eigenvalue weighted by molar-refractivity contribution is 7.89. The van der Waals surface area contributed by atoms with Crippen molar-refractivity contribution in [3.63, 3.8) is 0 Å². The fourth-order valence-electron chi connectivity index (χ4n) is 3.34. The van der Waals surface area contributed by atoms with E-state index in [0.29, 0.717) is 17.7 Å². The van der Waals surface area contributed by atoms with Crippen molar-refractivity contribution in [1.82, 2.24) is 10.2 Å². The molecule has 1 fully saturated rings. The van der Waals surface area contributed by atoms with Gasteiger partial charge >= 0.3 is 0 Å². The Hall–Kier alpha value is -1.70. The summed E-state index contributed by atoms with van der Waals surface area (Å²) in [5.41, 5.74) is 1.13. The number of amides is 1. The van der Waals surface area contributed by atoms with Gasteiger partial charge in [-0.2, -0.15) is 0 Å². The third-order valence-corrected chi connectivity index (χ3v) is 6.36. The van der Waals surface area contributed by atoms with E-state index < -0.39 is 9.84 Å². The Labute approximate surface area is 159 Å². The molecule has 1 aliphatic heterocycles. The lowest BCUT2D eigenvalue weighted by Crippen LogP contribution is -2.36. The van der Waals surface area contributed by atoms with Crippen LogP contribution in [0.2, 0.25) is 0 Å². The van der Waals surface area contributed by atoms with Crippen molar-refractivity contribution in [3.05, 3.63) is 57.8 Å². The SMILES string of the molecule is CS(=O)(=O)Cc1cccc(C(=O)NCC(c2cccs2)N2CCCC2)c1. The standard InChI is InChI=1S/C19H24N2O3S2/c1-26(23,24)14-15-6-4-7-16(12-15)19(22)20-13-17(18-8-5-11-25-18)21-9-2-3-10-21/h4-8,11-12,17H,2-3,9-10,13-14H2,1H3,(H,20,22). The number of carbonyl (C=O) groups is 1. The van der Waals surface area contributed by atoms with Crippen molar-refractivity contribution >= 4 is 27.1 Å². The fraction of sp³-hybridized carbons (Fsp3) is 0.421. The highest BCUT2D eigenvalue weighted by atomic mass is 32.2. The van der Waals surface area contributed by atoms with Gasteiger partial charge in [0.25, 0.3) is 5.91 Å². The molecule has 0 radical (unpaired) electrons. The van der Waals surface area contributed by atoms with Crippen molar-refractivity contribution in [2.75, 3.05) is 25.9 Å². The van der Waals surface area contributed by atoms with Gasteiger partial charge < -0.3 is 5.32 Å². The number of benzene rings is 1. The van der Waals surface area contributed by atoms with Crippen LogP contribution in [0.1, 0.15) is 39.7 Å². The molecular weight excluding hydrogens is 368 g/mol. The molecule has 0 aliphatic carbocycles. The van der Waals surface area contributed by atoms with Gasteiger partial charge in [0.2, 0.25) is 0 Å². The van der Waals surface area contributed by atoms with Gasteiger partial charge in [-0.25, -0.2) is 8.42 Å². The third-order valence-electron chi connectivity index (χ3n) is 4.53. The van der Waals surface area contributed by atoms with Crippen LogP contribution in [0.3, 0.4) is 0 Å². The first-order valence-electron chi connectivity index (χ1n) is 8.75. The first-order chi connectivity index (χ1) is 12.4. The molecule has 0 spiro atoms. The van der Waals surface area contributed by atoms with Crippen molar-refractivity contribution in [3.8, 4) is 0 Å². The molecule has 1 aromatic carbocycles. The summed E-state index contributed by atoms with van der Waals surface area (Å²) in [4.78, 5) is 16.3. The van der Waals surface area contributed by atoms with Gasteiger partial charge in [0, 0.05) is 23.2 Å². The summed E-state index contributed by atoms with van der Waals surface area (Å²) in [5, 5.41) is 5.10. The molecule has 0 saturated carbocycles. The maximum absolute atomic E-state index is 12.6. The molecule has 1 aliphatic rings. The summed E-state index contributed by atoms with van der Waals surface area (Å²) in [7, 11) is -3.12. The number of likely N-dealkylation sites (tertiary alicyclic amines) is 1. The lowest BCUT2D eigenvalue weighted by Gasteiger charge is -2.27. The Morgan fingerprint density at radius 1 is 1.23 bits per heavy atom. The molecule has 2 heterocycles. The topological polar surface area (TPSA) is 66.5 Å². The predicted molar refractivity (Wildman–Crippen MR) is 105 cm³/mol. The van der Waals surface area contributed by atoms with Crippen molar-refractivity contribution in [2.45, 2.75) is 24.6 Å². The fourth-order valence-corrected chi connectivity index (χ4v) is 4.99. The van der Waals surface area contributed by atoms with Gasteiger partial charge in [0.1, 0.15) is 0 Å². The average molecular weight is 393 g/mol. The van der Waals surface area contributed by atoms with E-state index >= 15 is 0 Å². The van der Waals surface area contributed by atoms with E-state index in [0.717, 1.165) is 13.1 Å². The van der Waals surface area contributed by atoms with Crippen LogP contribution in [0.4, 0.5) is 0 Å². The summed E-state index contributed by atoms with van der Waals surface area (Å²) in [5.74, 6) is -0.221. The number of nitrogens with zero attached hydrogens (tertiary/aromatic N) is 1. The summed E-state index contributed by atoms with van der Waals surface area (Å²) in [6.07, 6.45) is 3.59. The minimum absolute atomic E-state index is 0.0558. The van der Waals surface area contributed by atoms with E-state index in [1.807, 2.05) is 6.07 Å². The number of sulfone groups is 1. The van der Waals surface area contributed by atoms with E-state index in [1.165, 1.54) is 24.0 Å². The normalized spacial score (nSPS) is 16.5. The first kappa shape index (κ1) is 19.1. The molecule has 1 amide bonds. The van der Waals surface area contributed by atoms with Crippen molar-refractivity contribution in [1.29, 1.82) is 0 Å². The van der Waals surface area contributed by atoms with E-state index in [4.69, 9.17) is 0 Å². The van der Waals surface area contributed by atoms with Gasteiger partial charge in [-0.05, 0) is 55.1 Å². The van der Waals surface area contributed by atoms with Crippen LogP contribution >= 0.6 is 11.3 Å². The Morgan fingerprint density at radius 3 is 2.65 bits per heavy atom. The highest BCUT2D eigenvalue weighted by Crippen LogP contribution is 2.27. The lowest BCUT2D eigenvalue weighted by atomic mass is 10.1. The molecule has 2 aromatic rings. The van der Waals surface area contributed by atoms with Crippen LogP contribution in [0.5, 0.6) is 0 Å². The van der Waals surface area contributed by atoms with E-state index in [2.05, 4.69) is 21.7 Å². The molecule has 1 atom stereocenters. The maximum atomic E-state index is 12.6. The molecule has 1 aromatic heterocycles. The van der Waals surface area contributed by atoms with Crippen LogP contribution in [-0.2, 0) is 15.6 Å². The quantitative estimate of drug-likeness (QED) is 0.787. The molecule has 140 valence electrons. The molecule has 1 unspecified atom stereocenters. The highest BCUT2D eigenvalue weighted by Gasteiger charge is 2.24. The molecule has 26 heavy (non-hydrogen) atoms. The molecule has 5 nitrogen and oxygen atoms in total. The van der Waals surface area contributed by atoms with Gasteiger partial charge in [-0.3, -0.25) is 9.69 Å². The second-order valence-corrected chi connectivity index (χ2v) is 9.87. The van der Waals surface area contributed by atoms with E-state index in [-0.39, 0.29) is 17.7 Å². The molecule has 0 bridgehead atoms. The zero-order chi connectivity index (χ0) is 18.6. The lowest BCUT2D eigenvalue weighted by molar-refractivity contribution is 0.0938. The van der Waals surface area contributed by atoms with Crippen molar-refractivity contribution < 1.29 is 13.2 Å². The van der Waals surface area contributed by atoms with Crippen molar-refractivity contribution in [2.24, 2.45) is 0 Å². The number of carbonyl (C=O) groups excluding carboxylic acids is 1. The Morgan fingerprint density at radius 2 is 2.00 bits per heavy atom. The number of rotatable bonds is 7. The molecule has 1 N–H and O–H groups in total. The number of thiophene rings is 1.